The Hall–Kier alpha value is -1.84. The van der Waals surface area contributed by atoms with E-state index in [1.165, 1.54) is 17.0 Å². The van der Waals surface area contributed by atoms with E-state index in [2.05, 4.69) is 46.3 Å². The van der Waals surface area contributed by atoms with Gasteiger partial charge >= 0.3 is 0 Å². The number of hydrogen-bond acceptors (Lipinski definition) is 3. The van der Waals surface area contributed by atoms with E-state index in [-0.39, 0.29) is 0 Å². The molecule has 0 aliphatic carbocycles. The highest BCUT2D eigenvalue weighted by atomic mass is 35.5. The van der Waals surface area contributed by atoms with Crippen LogP contribution in [0.1, 0.15) is 0 Å². The van der Waals surface area contributed by atoms with Crippen molar-refractivity contribution in [2.45, 2.75) is 0 Å². The van der Waals surface area contributed by atoms with E-state index in [9.17, 15) is 0 Å². The fourth-order valence-corrected chi connectivity index (χ4v) is 3.33. The minimum absolute atomic E-state index is 0.570. The summed E-state index contributed by atoms with van der Waals surface area (Å²) in [6, 6.07) is 18.6. The quantitative estimate of drug-likeness (QED) is 0.661. The van der Waals surface area contributed by atoms with Crippen molar-refractivity contribution in [3.05, 3.63) is 59.1 Å². The van der Waals surface area contributed by atoms with E-state index in [1.807, 2.05) is 32.3 Å². The molecule has 0 saturated carbocycles. The minimum atomic E-state index is 0.570. The number of rotatable bonds is 3. The Morgan fingerprint density at radius 3 is 2.19 bits per heavy atom. The molecule has 106 valence electrons. The van der Waals surface area contributed by atoms with Crippen LogP contribution in [0.15, 0.2) is 54.6 Å². The first kappa shape index (κ1) is 14.1. The van der Waals surface area contributed by atoms with Crippen LogP contribution in [0.4, 0.5) is 5.69 Å². The number of benzene rings is 2. The van der Waals surface area contributed by atoms with Crippen LogP contribution in [-0.2, 0) is 0 Å². The number of aromatic nitrogens is 1. The SMILES string of the molecule is CN(C)c1ccc(-c2nc(Cl)sc2-c2ccccc2)cc1. The molecule has 0 spiro atoms. The van der Waals surface area contributed by atoms with Gasteiger partial charge in [0.2, 0.25) is 0 Å². The van der Waals surface area contributed by atoms with E-state index in [0.717, 1.165) is 21.7 Å². The second-order valence-corrected chi connectivity index (χ2v) is 6.53. The Morgan fingerprint density at radius 2 is 1.57 bits per heavy atom. The van der Waals surface area contributed by atoms with Gasteiger partial charge in [-0.05, 0) is 17.7 Å². The maximum absolute atomic E-state index is 6.15. The van der Waals surface area contributed by atoms with E-state index in [1.54, 1.807) is 0 Å². The zero-order valence-electron chi connectivity index (χ0n) is 11.9. The number of anilines is 1. The van der Waals surface area contributed by atoms with E-state index >= 15 is 0 Å². The number of halogens is 1. The normalized spacial score (nSPS) is 10.6. The summed E-state index contributed by atoms with van der Waals surface area (Å²) in [5.41, 5.74) is 4.35. The summed E-state index contributed by atoms with van der Waals surface area (Å²) in [5, 5.41) is 0. The predicted octanol–water partition coefficient (Wildman–Crippen LogP) is 5.20. The predicted molar refractivity (Wildman–Crippen MR) is 92.3 cm³/mol. The Labute approximate surface area is 133 Å². The topological polar surface area (TPSA) is 16.1 Å². The van der Waals surface area contributed by atoms with Gasteiger partial charge < -0.3 is 4.90 Å². The van der Waals surface area contributed by atoms with Crippen LogP contribution in [-0.4, -0.2) is 19.1 Å². The molecule has 2 aromatic carbocycles. The summed E-state index contributed by atoms with van der Waals surface area (Å²) in [6.07, 6.45) is 0. The van der Waals surface area contributed by atoms with Crippen molar-refractivity contribution >= 4 is 28.6 Å². The number of nitrogens with zero attached hydrogens (tertiary/aromatic N) is 2. The molecule has 0 N–H and O–H groups in total. The van der Waals surface area contributed by atoms with Gasteiger partial charge in [-0.2, -0.15) is 0 Å². The summed E-state index contributed by atoms with van der Waals surface area (Å²) in [5.74, 6) is 0. The first-order valence-electron chi connectivity index (χ1n) is 6.64. The fraction of sp³-hybridized carbons (Fsp3) is 0.118. The summed E-state index contributed by atoms with van der Waals surface area (Å²) in [7, 11) is 4.06. The summed E-state index contributed by atoms with van der Waals surface area (Å²) >= 11 is 7.66. The van der Waals surface area contributed by atoms with Gasteiger partial charge in [-0.3, -0.25) is 0 Å². The third-order valence-electron chi connectivity index (χ3n) is 3.29. The zero-order valence-corrected chi connectivity index (χ0v) is 13.4. The zero-order chi connectivity index (χ0) is 14.8. The molecule has 0 fully saturated rings. The van der Waals surface area contributed by atoms with E-state index < -0.39 is 0 Å². The molecule has 3 aromatic rings. The van der Waals surface area contributed by atoms with Crippen molar-refractivity contribution in [3.63, 3.8) is 0 Å². The third-order valence-corrected chi connectivity index (χ3v) is 4.50. The maximum atomic E-state index is 6.15. The lowest BCUT2D eigenvalue weighted by atomic mass is 10.1. The van der Waals surface area contributed by atoms with Crippen LogP contribution in [0.3, 0.4) is 0 Å². The molecule has 21 heavy (non-hydrogen) atoms. The van der Waals surface area contributed by atoms with Gasteiger partial charge in [0, 0.05) is 25.3 Å². The average molecular weight is 315 g/mol. The lowest BCUT2D eigenvalue weighted by Gasteiger charge is -2.12. The van der Waals surface area contributed by atoms with Crippen molar-refractivity contribution in [3.8, 4) is 21.7 Å². The molecule has 0 aliphatic rings. The van der Waals surface area contributed by atoms with Crippen LogP contribution in [0.25, 0.3) is 21.7 Å². The van der Waals surface area contributed by atoms with Gasteiger partial charge in [-0.1, -0.05) is 54.1 Å². The molecule has 0 atom stereocenters. The van der Waals surface area contributed by atoms with Crippen molar-refractivity contribution in [1.82, 2.24) is 4.98 Å². The minimum Gasteiger partial charge on any atom is -0.378 e. The second kappa shape index (κ2) is 5.88. The molecule has 0 aliphatic heterocycles. The van der Waals surface area contributed by atoms with E-state index in [4.69, 9.17) is 11.6 Å². The monoisotopic (exact) mass is 314 g/mol. The molecule has 3 rings (SSSR count). The summed E-state index contributed by atoms with van der Waals surface area (Å²) in [6.45, 7) is 0. The Balaban J connectivity index is 2.07. The molecule has 1 heterocycles. The second-order valence-electron chi connectivity index (χ2n) is 4.95. The highest BCUT2D eigenvalue weighted by Gasteiger charge is 2.13. The van der Waals surface area contributed by atoms with Crippen LogP contribution >= 0.6 is 22.9 Å². The third kappa shape index (κ3) is 2.94. The first-order chi connectivity index (χ1) is 10.1. The molecule has 0 unspecified atom stereocenters. The lowest BCUT2D eigenvalue weighted by Crippen LogP contribution is -2.07. The van der Waals surface area contributed by atoms with Crippen LogP contribution in [0, 0.1) is 0 Å². The summed E-state index contributed by atoms with van der Waals surface area (Å²) in [4.78, 5) is 7.69. The van der Waals surface area contributed by atoms with Crippen molar-refractivity contribution in [2.75, 3.05) is 19.0 Å². The van der Waals surface area contributed by atoms with Crippen molar-refractivity contribution < 1.29 is 0 Å². The molecule has 0 saturated heterocycles. The Bertz CT molecular complexity index is 733. The molecule has 0 radical (unpaired) electrons. The van der Waals surface area contributed by atoms with E-state index in [0.29, 0.717) is 4.47 Å². The van der Waals surface area contributed by atoms with Gasteiger partial charge in [-0.25, -0.2) is 4.98 Å². The Morgan fingerprint density at radius 1 is 0.905 bits per heavy atom. The standard InChI is InChI=1S/C17H15ClN2S/c1-20(2)14-10-8-12(9-11-14)15-16(21-17(18)19-15)13-6-4-3-5-7-13/h3-11H,1-2H3. The van der Waals surface area contributed by atoms with Gasteiger partial charge in [0.25, 0.3) is 0 Å². The van der Waals surface area contributed by atoms with Crippen molar-refractivity contribution in [2.24, 2.45) is 0 Å². The molecule has 0 bridgehead atoms. The molecule has 1 aromatic heterocycles. The van der Waals surface area contributed by atoms with Crippen LogP contribution in [0.5, 0.6) is 0 Å². The lowest BCUT2D eigenvalue weighted by molar-refractivity contribution is 1.13. The summed E-state index contributed by atoms with van der Waals surface area (Å²) < 4.78 is 0.570. The van der Waals surface area contributed by atoms with Gasteiger partial charge in [0.15, 0.2) is 4.47 Å². The van der Waals surface area contributed by atoms with Gasteiger partial charge in [-0.15, -0.1) is 11.3 Å². The van der Waals surface area contributed by atoms with Crippen LogP contribution in [0.2, 0.25) is 4.47 Å². The first-order valence-corrected chi connectivity index (χ1v) is 7.84. The molecule has 4 heteroatoms. The highest BCUT2D eigenvalue weighted by Crippen LogP contribution is 2.38. The molecule has 2 nitrogen and oxygen atoms in total. The molecular formula is C17H15ClN2S. The number of hydrogen-bond donors (Lipinski definition) is 0. The van der Waals surface area contributed by atoms with Crippen molar-refractivity contribution in [1.29, 1.82) is 0 Å². The smallest absolute Gasteiger partial charge is 0.184 e. The molecule has 0 amide bonds. The maximum Gasteiger partial charge on any atom is 0.184 e. The average Bonchev–Trinajstić information content (AvgIpc) is 2.90. The van der Waals surface area contributed by atoms with Crippen LogP contribution < -0.4 is 4.90 Å². The highest BCUT2D eigenvalue weighted by molar-refractivity contribution is 7.19. The molecular weight excluding hydrogens is 300 g/mol. The fourth-order valence-electron chi connectivity index (χ4n) is 2.19. The van der Waals surface area contributed by atoms with Gasteiger partial charge in [0.05, 0.1) is 10.6 Å². The Kier molecular flexibility index (Phi) is 3.95. The largest absolute Gasteiger partial charge is 0.378 e. The van der Waals surface area contributed by atoms with Gasteiger partial charge in [0.1, 0.15) is 0 Å². The number of thiazole rings is 1.